The largest absolute Gasteiger partial charge is 0.493 e. The summed E-state index contributed by atoms with van der Waals surface area (Å²) >= 11 is 0. The Labute approximate surface area is 176 Å². The molecule has 1 N–H and O–H groups in total. The monoisotopic (exact) mass is 411 g/mol. The first-order valence-electron chi connectivity index (χ1n) is 10.3. The first-order valence-corrected chi connectivity index (χ1v) is 10.3. The molecule has 7 heteroatoms. The number of aldehydes is 1. The minimum absolute atomic E-state index is 0.0368. The van der Waals surface area contributed by atoms with Crippen LogP contribution in [0.5, 0.6) is 17.2 Å². The number of benzene rings is 2. The summed E-state index contributed by atoms with van der Waals surface area (Å²) in [6.45, 7) is 4.96. The van der Waals surface area contributed by atoms with Crippen LogP contribution in [-0.2, 0) is 17.8 Å². The van der Waals surface area contributed by atoms with Crippen LogP contribution in [0, 0.1) is 0 Å². The number of nitrogens with one attached hydrogen (secondary N) is 1. The van der Waals surface area contributed by atoms with Crippen LogP contribution < -0.4 is 19.1 Å². The summed E-state index contributed by atoms with van der Waals surface area (Å²) in [5.41, 5.74) is 3.12. The summed E-state index contributed by atoms with van der Waals surface area (Å²) < 4.78 is 16.5. The molecule has 0 unspecified atom stereocenters. The number of amides is 1. The fourth-order valence-corrected chi connectivity index (χ4v) is 4.00. The molecule has 1 saturated heterocycles. The highest BCUT2D eigenvalue weighted by atomic mass is 16.5. The number of quaternary nitrogens is 1. The Kier molecular flexibility index (Phi) is 6.18. The molecular weight excluding hydrogens is 384 g/mol. The minimum atomic E-state index is -0.0447. The summed E-state index contributed by atoms with van der Waals surface area (Å²) in [5, 5.41) is 0. The van der Waals surface area contributed by atoms with Crippen molar-refractivity contribution in [2.75, 3.05) is 46.5 Å². The standard InChI is InChI=1S/C23H26N2O5/c1-28-22-13-18(15-26)3-5-21(22)30-16-23(27)25-9-7-24(8-10-25)14-17-2-4-20-19(12-17)6-11-29-20/h2-5,12-13,15H,6-11,14,16H2,1H3/p+1. The molecule has 7 nitrogen and oxygen atoms in total. The van der Waals surface area contributed by atoms with Crippen LogP contribution >= 0.6 is 0 Å². The van der Waals surface area contributed by atoms with Gasteiger partial charge in [-0.05, 0) is 42.0 Å². The van der Waals surface area contributed by atoms with Gasteiger partial charge in [-0.1, -0.05) is 0 Å². The van der Waals surface area contributed by atoms with Crippen LogP contribution in [0.4, 0.5) is 0 Å². The molecule has 0 aliphatic carbocycles. The Morgan fingerprint density at radius 2 is 2.00 bits per heavy atom. The average molecular weight is 411 g/mol. The van der Waals surface area contributed by atoms with E-state index in [4.69, 9.17) is 14.2 Å². The molecule has 2 heterocycles. The van der Waals surface area contributed by atoms with Crippen molar-refractivity contribution in [3.63, 3.8) is 0 Å². The van der Waals surface area contributed by atoms with Gasteiger partial charge < -0.3 is 24.0 Å². The van der Waals surface area contributed by atoms with E-state index in [1.807, 2.05) is 4.90 Å². The maximum Gasteiger partial charge on any atom is 0.260 e. The summed E-state index contributed by atoms with van der Waals surface area (Å²) in [6, 6.07) is 11.4. The third-order valence-corrected chi connectivity index (χ3v) is 5.71. The zero-order valence-corrected chi connectivity index (χ0v) is 17.2. The fraction of sp³-hybridized carbons (Fsp3) is 0.391. The van der Waals surface area contributed by atoms with Crippen molar-refractivity contribution < 1.29 is 28.7 Å². The van der Waals surface area contributed by atoms with Gasteiger partial charge in [-0.3, -0.25) is 9.59 Å². The Morgan fingerprint density at radius 1 is 1.17 bits per heavy atom. The summed E-state index contributed by atoms with van der Waals surface area (Å²) in [6.07, 6.45) is 1.74. The van der Waals surface area contributed by atoms with E-state index in [9.17, 15) is 9.59 Å². The van der Waals surface area contributed by atoms with E-state index in [1.165, 1.54) is 23.1 Å². The first kappa shape index (κ1) is 20.2. The minimum Gasteiger partial charge on any atom is -0.493 e. The number of nitrogens with zero attached hydrogens (tertiary/aromatic N) is 1. The lowest BCUT2D eigenvalue weighted by atomic mass is 10.1. The zero-order valence-electron chi connectivity index (χ0n) is 17.2. The number of hydrogen-bond donors (Lipinski definition) is 1. The van der Waals surface area contributed by atoms with Crippen LogP contribution in [0.3, 0.4) is 0 Å². The predicted octanol–water partition coefficient (Wildman–Crippen LogP) is 0.749. The molecule has 2 aliphatic heterocycles. The summed E-state index contributed by atoms with van der Waals surface area (Å²) in [4.78, 5) is 26.8. The summed E-state index contributed by atoms with van der Waals surface area (Å²) in [7, 11) is 1.51. The average Bonchev–Trinajstić information content (AvgIpc) is 3.25. The SMILES string of the molecule is COc1cc(C=O)ccc1OCC(=O)N1CC[NH+](Cc2ccc3c(c2)CCO3)CC1. The predicted molar refractivity (Wildman–Crippen MR) is 110 cm³/mol. The molecule has 4 rings (SSSR count). The van der Waals surface area contributed by atoms with E-state index < -0.39 is 0 Å². The smallest absolute Gasteiger partial charge is 0.260 e. The van der Waals surface area contributed by atoms with E-state index in [1.54, 1.807) is 18.2 Å². The molecule has 1 fully saturated rings. The zero-order chi connectivity index (χ0) is 20.9. The summed E-state index contributed by atoms with van der Waals surface area (Å²) in [5.74, 6) is 1.88. The van der Waals surface area contributed by atoms with Crippen LogP contribution in [0.2, 0.25) is 0 Å². The highest BCUT2D eigenvalue weighted by Gasteiger charge is 2.25. The van der Waals surface area contributed by atoms with Gasteiger partial charge in [-0.2, -0.15) is 0 Å². The van der Waals surface area contributed by atoms with Crippen molar-refractivity contribution in [1.29, 1.82) is 0 Å². The highest BCUT2D eigenvalue weighted by molar-refractivity contribution is 5.78. The van der Waals surface area contributed by atoms with E-state index in [0.29, 0.717) is 30.2 Å². The first-order chi connectivity index (χ1) is 14.7. The molecule has 0 saturated carbocycles. The van der Waals surface area contributed by atoms with Crippen LogP contribution in [-0.4, -0.2) is 63.6 Å². The maximum absolute atomic E-state index is 12.6. The molecule has 2 aliphatic rings. The van der Waals surface area contributed by atoms with Gasteiger partial charge in [0.05, 0.1) is 39.9 Å². The molecule has 0 spiro atoms. The molecule has 0 radical (unpaired) electrons. The molecule has 0 bridgehead atoms. The van der Waals surface area contributed by atoms with Gasteiger partial charge in [-0.25, -0.2) is 0 Å². The number of carbonyl (C=O) groups excluding carboxylic acids is 2. The van der Waals surface area contributed by atoms with E-state index in [0.717, 1.165) is 44.7 Å². The third-order valence-electron chi connectivity index (χ3n) is 5.71. The third kappa shape index (κ3) is 4.57. The molecular formula is C23H27N2O5+. The molecule has 0 atom stereocenters. The maximum atomic E-state index is 12.6. The van der Waals surface area contributed by atoms with Crippen LogP contribution in [0.1, 0.15) is 21.5 Å². The van der Waals surface area contributed by atoms with E-state index in [-0.39, 0.29) is 12.5 Å². The number of piperazine rings is 1. The second-order valence-electron chi connectivity index (χ2n) is 7.66. The van der Waals surface area contributed by atoms with Crippen molar-refractivity contribution in [2.45, 2.75) is 13.0 Å². The second kappa shape index (κ2) is 9.17. The van der Waals surface area contributed by atoms with E-state index >= 15 is 0 Å². The number of fused-ring (bicyclic) bond motifs is 1. The second-order valence-corrected chi connectivity index (χ2v) is 7.66. The van der Waals surface area contributed by atoms with E-state index in [2.05, 4.69) is 18.2 Å². The van der Waals surface area contributed by atoms with Crippen molar-refractivity contribution in [3.05, 3.63) is 53.1 Å². The molecule has 30 heavy (non-hydrogen) atoms. The topological polar surface area (TPSA) is 69.5 Å². The lowest BCUT2D eigenvalue weighted by molar-refractivity contribution is -0.917. The Hall–Kier alpha value is -3.06. The number of hydrogen-bond acceptors (Lipinski definition) is 5. The van der Waals surface area contributed by atoms with Gasteiger partial charge in [0.15, 0.2) is 18.1 Å². The molecule has 2 aromatic carbocycles. The van der Waals surface area contributed by atoms with Crippen LogP contribution in [0.25, 0.3) is 0 Å². The Morgan fingerprint density at radius 3 is 2.77 bits per heavy atom. The number of rotatable bonds is 7. The van der Waals surface area contributed by atoms with Crippen molar-refractivity contribution >= 4 is 12.2 Å². The van der Waals surface area contributed by atoms with Gasteiger partial charge in [-0.15, -0.1) is 0 Å². The normalized spacial score (nSPS) is 16.0. The number of ether oxygens (including phenoxy) is 3. The number of methoxy groups -OCH3 is 1. The molecule has 158 valence electrons. The van der Waals surface area contributed by atoms with Crippen molar-refractivity contribution in [2.24, 2.45) is 0 Å². The molecule has 0 aromatic heterocycles. The van der Waals surface area contributed by atoms with Gasteiger partial charge in [0, 0.05) is 17.5 Å². The lowest BCUT2D eigenvalue weighted by Crippen LogP contribution is -3.13. The van der Waals surface area contributed by atoms with Crippen molar-refractivity contribution in [1.82, 2.24) is 4.90 Å². The highest BCUT2D eigenvalue weighted by Crippen LogP contribution is 2.27. The molecule has 1 amide bonds. The van der Waals surface area contributed by atoms with Crippen molar-refractivity contribution in [3.8, 4) is 17.2 Å². The van der Waals surface area contributed by atoms with Gasteiger partial charge >= 0.3 is 0 Å². The fourth-order valence-electron chi connectivity index (χ4n) is 4.00. The Bertz CT molecular complexity index is 922. The lowest BCUT2D eigenvalue weighted by Gasteiger charge is -2.32. The number of carbonyl (C=O) groups is 2. The quantitative estimate of drug-likeness (QED) is 0.681. The van der Waals surface area contributed by atoms with Gasteiger partial charge in [0.2, 0.25) is 0 Å². The Balaban J connectivity index is 1.26. The molecule has 2 aromatic rings. The van der Waals surface area contributed by atoms with Crippen LogP contribution in [0.15, 0.2) is 36.4 Å². The van der Waals surface area contributed by atoms with Gasteiger partial charge in [0.25, 0.3) is 5.91 Å². The van der Waals surface area contributed by atoms with Gasteiger partial charge in [0.1, 0.15) is 18.6 Å².